The van der Waals surface area contributed by atoms with Crippen molar-refractivity contribution in [1.82, 2.24) is 0 Å². The molecule has 0 aliphatic heterocycles. The summed E-state index contributed by atoms with van der Waals surface area (Å²) >= 11 is 0. The fraction of sp³-hybridized carbons (Fsp3) is 0.154. The van der Waals surface area contributed by atoms with E-state index in [2.05, 4.69) is 97.1 Å². The molecule has 5 heteroatoms. The van der Waals surface area contributed by atoms with E-state index in [9.17, 15) is 9.90 Å². The van der Waals surface area contributed by atoms with E-state index in [1.165, 1.54) is 18.2 Å². The van der Waals surface area contributed by atoms with Gasteiger partial charge in [-0.2, -0.15) is 0 Å². The van der Waals surface area contributed by atoms with Gasteiger partial charge in [-0.05, 0) is 74.3 Å². The summed E-state index contributed by atoms with van der Waals surface area (Å²) in [5.74, 6) is -0.278. The van der Waals surface area contributed by atoms with Gasteiger partial charge in [0.15, 0.2) is 6.10 Å². The molecular weight excluding hydrogens is 548 g/mol. The number of carbonyl (C=O) groups is 1. The Kier molecular flexibility index (Phi) is 8.97. The summed E-state index contributed by atoms with van der Waals surface area (Å²) in [6.07, 6.45) is 3.53. The number of fused-ring (bicyclic) bond motifs is 2. The van der Waals surface area contributed by atoms with Crippen LogP contribution in [0.25, 0.3) is 34.4 Å². The quantitative estimate of drug-likeness (QED) is 0.159. The number of hydrogen-bond acceptors (Lipinski definition) is 4. The maximum absolute atomic E-state index is 11.3. The molecule has 5 aromatic carbocycles. The first kappa shape index (κ1) is 29.1. The molecule has 6 rings (SSSR count). The molecule has 1 unspecified atom stereocenters. The number of carboxylic acid groups (broad SMARTS) is 1. The summed E-state index contributed by atoms with van der Waals surface area (Å²) in [6, 6.07) is 41.4. The van der Waals surface area contributed by atoms with E-state index in [4.69, 9.17) is 14.2 Å². The number of rotatable bonds is 11. The molecule has 44 heavy (non-hydrogen) atoms. The van der Waals surface area contributed by atoms with Crippen LogP contribution >= 0.6 is 0 Å². The average Bonchev–Trinajstić information content (AvgIpc) is 3.22. The van der Waals surface area contributed by atoms with E-state index >= 15 is 0 Å². The van der Waals surface area contributed by atoms with E-state index in [1.807, 2.05) is 36.4 Å². The lowest BCUT2D eigenvalue weighted by molar-refractivity contribution is -0.148. The molecule has 1 N–H and O–H groups in total. The van der Waals surface area contributed by atoms with Crippen molar-refractivity contribution in [2.75, 3.05) is 20.3 Å². The monoisotopic (exact) mass is 582 g/mol. The summed E-state index contributed by atoms with van der Waals surface area (Å²) in [5, 5.41) is 9.24. The molecule has 5 aromatic rings. The van der Waals surface area contributed by atoms with Gasteiger partial charge in [0.2, 0.25) is 0 Å². The van der Waals surface area contributed by atoms with Crippen LogP contribution in [0.5, 0.6) is 5.75 Å². The number of aliphatic carboxylic acids is 1. The highest BCUT2D eigenvalue weighted by atomic mass is 16.5. The van der Waals surface area contributed by atoms with Crippen LogP contribution in [-0.2, 0) is 20.7 Å². The van der Waals surface area contributed by atoms with Gasteiger partial charge in [0.05, 0.1) is 6.61 Å². The number of ether oxygens (including phenoxy) is 3. The fourth-order valence-corrected chi connectivity index (χ4v) is 5.60. The zero-order valence-electron chi connectivity index (χ0n) is 24.6. The predicted octanol–water partition coefficient (Wildman–Crippen LogP) is 8.33. The second kappa shape index (κ2) is 13.6. The molecule has 0 saturated heterocycles. The molecule has 5 nitrogen and oxygen atoms in total. The molecule has 0 radical (unpaired) electrons. The van der Waals surface area contributed by atoms with Crippen molar-refractivity contribution >= 4 is 18.1 Å². The maximum Gasteiger partial charge on any atom is 0.333 e. The summed E-state index contributed by atoms with van der Waals surface area (Å²) in [5.41, 5.74) is 10.0. The van der Waals surface area contributed by atoms with E-state index in [0.29, 0.717) is 25.4 Å². The van der Waals surface area contributed by atoms with Gasteiger partial charge in [-0.25, -0.2) is 4.79 Å². The minimum atomic E-state index is -0.977. The largest absolute Gasteiger partial charge is 0.491 e. The van der Waals surface area contributed by atoms with Crippen molar-refractivity contribution in [2.24, 2.45) is 0 Å². The minimum Gasteiger partial charge on any atom is -0.491 e. The Balaban J connectivity index is 1.22. The zero-order chi connectivity index (χ0) is 30.3. The van der Waals surface area contributed by atoms with Crippen molar-refractivity contribution in [3.05, 3.63) is 149 Å². The summed E-state index contributed by atoms with van der Waals surface area (Å²) < 4.78 is 17.7. The first-order valence-electron chi connectivity index (χ1n) is 14.7. The molecule has 0 saturated carbocycles. The third kappa shape index (κ3) is 6.65. The van der Waals surface area contributed by atoms with Crippen LogP contribution in [0.4, 0.5) is 0 Å². The van der Waals surface area contributed by atoms with Crippen molar-refractivity contribution in [2.45, 2.75) is 18.6 Å². The Morgan fingerprint density at radius 1 is 0.682 bits per heavy atom. The Morgan fingerprint density at radius 2 is 1.23 bits per heavy atom. The number of hydrogen-bond donors (Lipinski definition) is 1. The second-order valence-corrected chi connectivity index (χ2v) is 10.8. The van der Waals surface area contributed by atoms with Crippen molar-refractivity contribution in [3.63, 3.8) is 0 Å². The molecule has 1 aliphatic rings. The van der Waals surface area contributed by atoms with Crippen molar-refractivity contribution in [1.29, 1.82) is 0 Å². The van der Waals surface area contributed by atoms with Gasteiger partial charge in [0.25, 0.3) is 0 Å². The van der Waals surface area contributed by atoms with Gasteiger partial charge in [-0.15, -0.1) is 0 Å². The average molecular weight is 583 g/mol. The molecule has 0 fully saturated rings. The maximum atomic E-state index is 11.3. The summed E-state index contributed by atoms with van der Waals surface area (Å²) in [6.45, 7) is 0.755. The van der Waals surface area contributed by atoms with Crippen molar-refractivity contribution in [3.8, 4) is 28.0 Å². The highest BCUT2D eigenvalue weighted by Crippen LogP contribution is 2.39. The van der Waals surface area contributed by atoms with Crippen LogP contribution in [0.15, 0.2) is 121 Å². The van der Waals surface area contributed by atoms with Gasteiger partial charge in [-0.3, -0.25) is 0 Å². The van der Waals surface area contributed by atoms with E-state index < -0.39 is 12.1 Å². The smallest absolute Gasteiger partial charge is 0.333 e. The van der Waals surface area contributed by atoms with Gasteiger partial charge in [0.1, 0.15) is 18.5 Å². The predicted molar refractivity (Wildman–Crippen MR) is 175 cm³/mol. The standard InChI is InChI=1S/C39H34O5/c1-42-37(39(40)41)24-27-12-18-34(19-13-27)43-22-23-44-38-35-20-16-30(28-8-4-2-5-9-28)25-32(35)14-15-33-26-31(17-21-36(33)38)29-10-6-3-7-11-29/h2-21,25-26,37-38H,22-24H2,1H3,(H,40,41). The number of benzene rings is 5. The Bertz CT molecular complexity index is 1650. The van der Waals surface area contributed by atoms with Crippen molar-refractivity contribution < 1.29 is 24.1 Å². The number of methoxy groups -OCH3 is 1. The van der Waals surface area contributed by atoms with Gasteiger partial charge >= 0.3 is 5.97 Å². The topological polar surface area (TPSA) is 65.0 Å². The minimum absolute atomic E-state index is 0.266. The first-order chi connectivity index (χ1) is 21.6. The molecule has 0 amide bonds. The van der Waals surface area contributed by atoms with Crippen LogP contribution < -0.4 is 4.74 Å². The zero-order valence-corrected chi connectivity index (χ0v) is 24.6. The lowest BCUT2D eigenvalue weighted by atomic mass is 9.92. The highest BCUT2D eigenvalue weighted by molar-refractivity contribution is 5.81. The molecule has 0 bridgehead atoms. The summed E-state index contributed by atoms with van der Waals surface area (Å²) in [4.78, 5) is 11.3. The van der Waals surface area contributed by atoms with Gasteiger partial charge in [0, 0.05) is 13.5 Å². The Morgan fingerprint density at radius 3 is 1.73 bits per heavy atom. The van der Waals surface area contributed by atoms with Crippen LogP contribution in [0.2, 0.25) is 0 Å². The molecule has 1 atom stereocenters. The van der Waals surface area contributed by atoms with Crippen LogP contribution in [0.3, 0.4) is 0 Å². The second-order valence-electron chi connectivity index (χ2n) is 10.8. The number of carboxylic acids is 1. The molecule has 0 heterocycles. The molecule has 220 valence electrons. The molecule has 0 aromatic heterocycles. The normalized spacial score (nSPS) is 13.0. The fourth-order valence-electron chi connectivity index (χ4n) is 5.60. The first-order valence-corrected chi connectivity index (χ1v) is 14.7. The molecule has 1 aliphatic carbocycles. The van der Waals surface area contributed by atoms with Crippen LogP contribution in [0, 0.1) is 0 Å². The van der Waals surface area contributed by atoms with Gasteiger partial charge in [-0.1, -0.05) is 109 Å². The molecular formula is C39H34O5. The third-order valence-electron chi connectivity index (χ3n) is 7.94. The SMILES string of the molecule is COC(Cc1ccc(OCCOC2c3ccc(-c4ccccc4)cc3C=Cc3cc(-c4ccccc4)ccc32)cc1)C(=O)O. The van der Waals surface area contributed by atoms with Crippen LogP contribution in [0.1, 0.15) is 33.9 Å². The third-order valence-corrected chi connectivity index (χ3v) is 7.94. The van der Waals surface area contributed by atoms with E-state index in [0.717, 1.165) is 38.9 Å². The lowest BCUT2D eigenvalue weighted by Gasteiger charge is -2.22. The lowest BCUT2D eigenvalue weighted by Crippen LogP contribution is -2.24. The Labute approximate surface area is 258 Å². The van der Waals surface area contributed by atoms with Crippen LogP contribution in [-0.4, -0.2) is 37.5 Å². The van der Waals surface area contributed by atoms with Gasteiger partial charge < -0.3 is 19.3 Å². The summed E-state index contributed by atoms with van der Waals surface area (Å²) in [7, 11) is 1.40. The highest BCUT2D eigenvalue weighted by Gasteiger charge is 2.23. The molecule has 0 spiro atoms. The van der Waals surface area contributed by atoms with E-state index in [-0.39, 0.29) is 6.10 Å². The van der Waals surface area contributed by atoms with E-state index in [1.54, 1.807) is 0 Å². The Hall–Kier alpha value is -4.97.